The van der Waals surface area contributed by atoms with Crippen LogP contribution in [-0.4, -0.2) is 9.91 Å². The Morgan fingerprint density at radius 2 is 2.21 bits per heavy atom. The van der Waals surface area contributed by atoms with Crippen LogP contribution in [0.3, 0.4) is 0 Å². The Kier molecular flexibility index (Phi) is 3.10. The molecule has 0 N–H and O–H groups in total. The highest BCUT2D eigenvalue weighted by Gasteiger charge is 2.23. The summed E-state index contributed by atoms with van der Waals surface area (Å²) < 4.78 is 24.7. The molecule has 0 aliphatic carbocycles. The van der Waals surface area contributed by atoms with Crippen LogP contribution in [0.5, 0.6) is 0 Å². The summed E-state index contributed by atoms with van der Waals surface area (Å²) in [5.74, 6) is -0.547. The summed E-state index contributed by atoms with van der Waals surface area (Å²) in [4.78, 5) is 12.9. The first-order valence-corrected chi connectivity index (χ1v) is 4.32. The summed E-state index contributed by atoms with van der Waals surface area (Å²) in [6.45, 7) is 1.43. The van der Waals surface area contributed by atoms with Crippen LogP contribution in [0, 0.1) is 17.0 Å². The van der Waals surface area contributed by atoms with E-state index in [-0.39, 0.29) is 10.0 Å². The molecule has 0 radical (unpaired) electrons. The molecule has 7 heteroatoms. The van der Waals surface area contributed by atoms with E-state index in [2.05, 4.69) is 20.9 Å². The third-order valence-electron chi connectivity index (χ3n) is 1.60. The number of nitrogens with zero attached hydrogens (tertiary/aromatic N) is 2. The lowest BCUT2D eigenvalue weighted by molar-refractivity contribution is -0.390. The summed E-state index contributed by atoms with van der Waals surface area (Å²) in [6.07, 6.45) is -2.81. The molecule has 1 heterocycles. The molecule has 76 valence electrons. The van der Waals surface area contributed by atoms with Crippen LogP contribution in [0.25, 0.3) is 0 Å². The molecule has 0 aliphatic heterocycles. The maximum Gasteiger partial charge on any atom is 0.367 e. The fourth-order valence-electron chi connectivity index (χ4n) is 0.873. The lowest BCUT2D eigenvalue weighted by Crippen LogP contribution is -2.00. The van der Waals surface area contributed by atoms with E-state index in [0.29, 0.717) is 0 Å². The second-order valence-electron chi connectivity index (χ2n) is 2.54. The standard InChI is InChI=1S/C7H5BrF2N2O2/c1-3-4(8)2-5(6(9)10)11-7(3)12(13)14/h2,6H,1H3. The molecule has 0 saturated heterocycles. The van der Waals surface area contributed by atoms with Gasteiger partial charge in [-0.1, -0.05) is 15.9 Å². The summed E-state index contributed by atoms with van der Waals surface area (Å²) in [7, 11) is 0. The Morgan fingerprint density at radius 3 is 2.64 bits per heavy atom. The number of aromatic nitrogens is 1. The van der Waals surface area contributed by atoms with Gasteiger partial charge in [-0.05, 0) is 16.8 Å². The van der Waals surface area contributed by atoms with Gasteiger partial charge in [0, 0.05) is 10.5 Å². The molecule has 0 aromatic carbocycles. The zero-order valence-corrected chi connectivity index (χ0v) is 8.59. The maximum absolute atomic E-state index is 12.2. The molecule has 0 atom stereocenters. The van der Waals surface area contributed by atoms with Crippen molar-refractivity contribution >= 4 is 21.7 Å². The van der Waals surface area contributed by atoms with Gasteiger partial charge in [-0.2, -0.15) is 0 Å². The Hall–Kier alpha value is -1.11. The van der Waals surface area contributed by atoms with Gasteiger partial charge >= 0.3 is 12.2 Å². The highest BCUT2D eigenvalue weighted by Crippen LogP contribution is 2.28. The lowest BCUT2D eigenvalue weighted by Gasteiger charge is -2.01. The zero-order chi connectivity index (χ0) is 10.9. The van der Waals surface area contributed by atoms with Gasteiger partial charge in [0.1, 0.15) is 0 Å². The van der Waals surface area contributed by atoms with E-state index in [0.717, 1.165) is 6.07 Å². The molecule has 0 saturated carbocycles. The molecule has 0 bridgehead atoms. The van der Waals surface area contributed by atoms with Gasteiger partial charge in [-0.25, -0.2) is 8.78 Å². The Morgan fingerprint density at radius 1 is 1.64 bits per heavy atom. The van der Waals surface area contributed by atoms with Crippen molar-refractivity contribution in [3.63, 3.8) is 0 Å². The molecule has 0 fully saturated rings. The van der Waals surface area contributed by atoms with Crippen LogP contribution in [-0.2, 0) is 0 Å². The second kappa shape index (κ2) is 3.95. The van der Waals surface area contributed by atoms with Gasteiger partial charge in [0.05, 0.1) is 5.56 Å². The van der Waals surface area contributed by atoms with Crippen LogP contribution in [0.15, 0.2) is 10.5 Å². The fourth-order valence-corrected chi connectivity index (χ4v) is 1.28. The van der Waals surface area contributed by atoms with E-state index in [1.165, 1.54) is 6.92 Å². The summed E-state index contributed by atoms with van der Waals surface area (Å²) in [5, 5.41) is 10.4. The SMILES string of the molecule is Cc1c(Br)cc(C(F)F)nc1[N+](=O)[O-]. The van der Waals surface area contributed by atoms with E-state index in [1.54, 1.807) is 0 Å². The molecule has 0 amide bonds. The molecular formula is C7H5BrF2N2O2. The Balaban J connectivity index is 3.35. The quantitative estimate of drug-likeness (QED) is 0.611. The number of pyridine rings is 1. The van der Waals surface area contributed by atoms with E-state index in [9.17, 15) is 18.9 Å². The first-order chi connectivity index (χ1) is 6.43. The smallest absolute Gasteiger partial charge is 0.358 e. The largest absolute Gasteiger partial charge is 0.367 e. The normalized spacial score (nSPS) is 10.6. The summed E-state index contributed by atoms with van der Waals surface area (Å²) >= 11 is 2.96. The fraction of sp³-hybridized carbons (Fsp3) is 0.286. The minimum atomic E-state index is -2.81. The topological polar surface area (TPSA) is 56.0 Å². The minimum Gasteiger partial charge on any atom is -0.358 e. The van der Waals surface area contributed by atoms with Crippen LogP contribution >= 0.6 is 15.9 Å². The van der Waals surface area contributed by atoms with E-state index >= 15 is 0 Å². The number of hydrogen-bond donors (Lipinski definition) is 0. The first kappa shape index (κ1) is 11.0. The highest BCUT2D eigenvalue weighted by atomic mass is 79.9. The first-order valence-electron chi connectivity index (χ1n) is 3.53. The van der Waals surface area contributed by atoms with Crippen molar-refractivity contribution in [2.24, 2.45) is 0 Å². The van der Waals surface area contributed by atoms with E-state index < -0.39 is 22.9 Å². The molecule has 0 aliphatic rings. The van der Waals surface area contributed by atoms with Crippen molar-refractivity contribution in [1.29, 1.82) is 0 Å². The Bertz CT molecular complexity index is 384. The van der Waals surface area contributed by atoms with Crippen molar-refractivity contribution in [2.75, 3.05) is 0 Å². The predicted octanol–water partition coefficient (Wildman–Crippen LogP) is 3.00. The third kappa shape index (κ3) is 2.03. The van der Waals surface area contributed by atoms with Gasteiger partial charge in [0.25, 0.3) is 0 Å². The zero-order valence-electron chi connectivity index (χ0n) is 7.00. The van der Waals surface area contributed by atoms with Crippen molar-refractivity contribution in [3.8, 4) is 0 Å². The van der Waals surface area contributed by atoms with Crippen molar-refractivity contribution in [3.05, 3.63) is 31.9 Å². The lowest BCUT2D eigenvalue weighted by atomic mass is 10.2. The van der Waals surface area contributed by atoms with Gasteiger partial charge in [-0.3, -0.25) is 0 Å². The van der Waals surface area contributed by atoms with E-state index in [4.69, 9.17) is 0 Å². The van der Waals surface area contributed by atoms with Gasteiger partial charge < -0.3 is 10.1 Å². The van der Waals surface area contributed by atoms with Crippen molar-refractivity contribution in [2.45, 2.75) is 13.3 Å². The molecule has 14 heavy (non-hydrogen) atoms. The van der Waals surface area contributed by atoms with Crippen molar-refractivity contribution < 1.29 is 13.7 Å². The predicted molar refractivity (Wildman–Crippen MR) is 48.3 cm³/mol. The molecule has 1 rings (SSSR count). The van der Waals surface area contributed by atoms with Gasteiger partial charge in [-0.15, -0.1) is 0 Å². The monoisotopic (exact) mass is 266 g/mol. The van der Waals surface area contributed by atoms with Crippen LogP contribution in [0.1, 0.15) is 17.7 Å². The Labute approximate surface area is 86.2 Å². The van der Waals surface area contributed by atoms with Crippen molar-refractivity contribution in [1.82, 2.24) is 4.98 Å². The number of alkyl halides is 2. The van der Waals surface area contributed by atoms with Gasteiger partial charge in [0.2, 0.25) is 5.69 Å². The third-order valence-corrected chi connectivity index (χ3v) is 2.42. The highest BCUT2D eigenvalue weighted by molar-refractivity contribution is 9.10. The minimum absolute atomic E-state index is 0.236. The average molecular weight is 267 g/mol. The number of nitro groups is 1. The van der Waals surface area contributed by atoms with Gasteiger partial charge in [0.15, 0.2) is 0 Å². The maximum atomic E-state index is 12.2. The van der Waals surface area contributed by atoms with E-state index in [1.807, 2.05) is 0 Å². The molecule has 0 unspecified atom stereocenters. The number of rotatable bonds is 2. The molecule has 0 spiro atoms. The number of hydrogen-bond acceptors (Lipinski definition) is 3. The van der Waals surface area contributed by atoms with Crippen LogP contribution < -0.4 is 0 Å². The van der Waals surface area contributed by atoms with Crippen LogP contribution in [0.2, 0.25) is 0 Å². The number of halogens is 3. The molecule has 1 aromatic heterocycles. The summed E-state index contributed by atoms with van der Waals surface area (Å²) in [5.41, 5.74) is -0.367. The average Bonchev–Trinajstić information content (AvgIpc) is 2.08. The second-order valence-corrected chi connectivity index (χ2v) is 3.39. The van der Waals surface area contributed by atoms with Crippen LogP contribution in [0.4, 0.5) is 14.6 Å². The molecular weight excluding hydrogens is 262 g/mol. The molecule has 4 nitrogen and oxygen atoms in total. The molecule has 1 aromatic rings. The summed E-state index contributed by atoms with van der Waals surface area (Å²) in [6, 6.07) is 1.08.